The van der Waals surface area contributed by atoms with Crippen LogP contribution < -0.4 is 10.00 Å². The average molecular weight is 391 g/mol. The highest BCUT2D eigenvalue weighted by Crippen LogP contribution is 2.29. The van der Waals surface area contributed by atoms with Gasteiger partial charge in [-0.25, -0.2) is 4.79 Å². The lowest BCUT2D eigenvalue weighted by molar-refractivity contribution is -0.767. The van der Waals surface area contributed by atoms with Gasteiger partial charge < -0.3 is 10.1 Å². The summed E-state index contributed by atoms with van der Waals surface area (Å²) in [6.07, 6.45) is 10.9. The summed E-state index contributed by atoms with van der Waals surface area (Å²) in [5.74, 6) is -0.509. The van der Waals surface area contributed by atoms with Crippen LogP contribution in [0.3, 0.4) is 0 Å². The molecule has 0 aromatic carbocycles. The van der Waals surface area contributed by atoms with Gasteiger partial charge in [-0.1, -0.05) is 26.2 Å². The molecule has 0 atom stereocenters. The van der Waals surface area contributed by atoms with Crippen molar-refractivity contribution in [1.82, 2.24) is 4.68 Å². The van der Waals surface area contributed by atoms with Crippen LogP contribution in [0.4, 0.5) is 5.69 Å². The van der Waals surface area contributed by atoms with Crippen LogP contribution in [0.2, 0.25) is 0 Å². The average Bonchev–Trinajstić information content (AvgIpc) is 3.27. The molecule has 0 spiro atoms. The summed E-state index contributed by atoms with van der Waals surface area (Å²) >= 11 is 1.31. The Labute approximate surface area is 164 Å². The predicted octanol–water partition coefficient (Wildman–Crippen LogP) is 3.86. The van der Waals surface area contributed by atoms with Gasteiger partial charge in [-0.2, -0.15) is 4.68 Å². The number of ether oxygens (including phenoxy) is 1. The summed E-state index contributed by atoms with van der Waals surface area (Å²) in [7, 11) is 0. The normalized spacial score (nSPS) is 14.9. The number of aromatic nitrogens is 2. The largest absolute Gasteiger partial charge is 0.461 e. The number of carbonyl (C=O) groups is 2. The lowest BCUT2D eigenvalue weighted by Gasteiger charge is -2.20. The van der Waals surface area contributed by atoms with E-state index in [2.05, 4.69) is 10.00 Å². The number of esters is 1. The molecule has 0 unspecified atom stereocenters. The Hall–Kier alpha value is -2.15. The topological polar surface area (TPSA) is 64.2 Å². The molecule has 1 amide bonds. The van der Waals surface area contributed by atoms with Crippen LogP contribution in [0.5, 0.6) is 0 Å². The molecule has 27 heavy (non-hydrogen) atoms. The Balaban J connectivity index is 1.68. The number of hydrogen-bond acceptors (Lipinski definition) is 4. The maximum Gasteiger partial charge on any atom is 0.350 e. The van der Waals surface area contributed by atoms with Gasteiger partial charge in [0.25, 0.3) is 5.91 Å². The highest BCUT2D eigenvalue weighted by molar-refractivity contribution is 7.12. The molecule has 3 rings (SSSR count). The van der Waals surface area contributed by atoms with Crippen LogP contribution in [-0.4, -0.2) is 23.2 Å². The van der Waals surface area contributed by atoms with Crippen LogP contribution >= 0.6 is 11.3 Å². The summed E-state index contributed by atoms with van der Waals surface area (Å²) in [6.45, 7) is 4.45. The number of aryl methyl sites for hydroxylation is 1. The molecule has 1 aliphatic carbocycles. The molecule has 2 aromatic rings. The second-order valence-corrected chi connectivity index (χ2v) is 7.95. The standard InChI is InChI=1S/C20H27N3O3S/c1-3-12-26-20(25)19-18(15(2)14-27-19)21-17(24)13-22-10-7-11-23(22)16-8-5-4-6-9-16/h7,10-11,14,16H,3-6,8-9,12-13H2,1-2H3/p+1. The molecule has 0 saturated heterocycles. The van der Waals surface area contributed by atoms with E-state index in [4.69, 9.17) is 4.74 Å². The second-order valence-electron chi connectivity index (χ2n) is 7.07. The molecule has 1 fully saturated rings. The number of nitrogens with zero attached hydrogens (tertiary/aromatic N) is 2. The lowest BCUT2D eigenvalue weighted by atomic mass is 9.96. The molecule has 7 heteroatoms. The van der Waals surface area contributed by atoms with E-state index >= 15 is 0 Å². The molecule has 146 valence electrons. The molecule has 1 N–H and O–H groups in total. The fourth-order valence-electron chi connectivity index (χ4n) is 3.54. The van der Waals surface area contributed by atoms with Gasteiger partial charge in [0.05, 0.1) is 24.5 Å². The van der Waals surface area contributed by atoms with E-state index in [1.54, 1.807) is 0 Å². The minimum Gasteiger partial charge on any atom is -0.461 e. The van der Waals surface area contributed by atoms with Crippen molar-refractivity contribution in [3.63, 3.8) is 0 Å². The van der Waals surface area contributed by atoms with E-state index in [9.17, 15) is 9.59 Å². The van der Waals surface area contributed by atoms with Crippen molar-refractivity contribution in [3.05, 3.63) is 34.3 Å². The first-order valence-electron chi connectivity index (χ1n) is 9.71. The Bertz CT molecular complexity index is 790. The van der Waals surface area contributed by atoms with E-state index in [1.807, 2.05) is 42.4 Å². The fourth-order valence-corrected chi connectivity index (χ4v) is 4.43. The van der Waals surface area contributed by atoms with Crippen molar-refractivity contribution in [2.45, 2.75) is 65.0 Å². The zero-order chi connectivity index (χ0) is 19.2. The van der Waals surface area contributed by atoms with Crippen LogP contribution in [0, 0.1) is 6.92 Å². The van der Waals surface area contributed by atoms with Crippen molar-refractivity contribution >= 4 is 28.9 Å². The van der Waals surface area contributed by atoms with Gasteiger partial charge in [-0.05, 0) is 37.1 Å². The zero-order valence-electron chi connectivity index (χ0n) is 16.1. The molecule has 1 aliphatic rings. The number of carbonyl (C=O) groups excluding carboxylic acids is 2. The van der Waals surface area contributed by atoms with Gasteiger partial charge >= 0.3 is 5.97 Å². The quantitative estimate of drug-likeness (QED) is 0.577. The highest BCUT2D eigenvalue weighted by Gasteiger charge is 2.25. The van der Waals surface area contributed by atoms with Gasteiger partial charge in [0.1, 0.15) is 4.88 Å². The monoisotopic (exact) mass is 390 g/mol. The second kappa shape index (κ2) is 9.17. The number of thiophene rings is 1. The Morgan fingerprint density at radius 3 is 2.85 bits per heavy atom. The minimum atomic E-state index is -0.372. The predicted molar refractivity (Wildman–Crippen MR) is 105 cm³/mol. The van der Waals surface area contributed by atoms with Gasteiger partial charge in [0, 0.05) is 6.07 Å². The summed E-state index contributed by atoms with van der Waals surface area (Å²) < 4.78 is 9.36. The molecule has 2 heterocycles. The molecule has 6 nitrogen and oxygen atoms in total. The summed E-state index contributed by atoms with van der Waals surface area (Å²) in [6, 6.07) is 2.44. The first-order chi connectivity index (χ1) is 13.1. The summed E-state index contributed by atoms with van der Waals surface area (Å²) in [5, 5.41) is 4.79. The van der Waals surface area contributed by atoms with E-state index < -0.39 is 0 Å². The third-order valence-corrected chi connectivity index (χ3v) is 5.99. The van der Waals surface area contributed by atoms with Crippen LogP contribution in [0.25, 0.3) is 0 Å². The van der Waals surface area contributed by atoms with Crippen LogP contribution in [0.15, 0.2) is 23.8 Å². The number of anilines is 1. The molecule has 1 saturated carbocycles. The Kier molecular flexibility index (Phi) is 6.66. The summed E-state index contributed by atoms with van der Waals surface area (Å²) in [5.41, 5.74) is 1.45. The third-order valence-electron chi connectivity index (χ3n) is 4.91. The number of hydrogen-bond donors (Lipinski definition) is 1. The first kappa shape index (κ1) is 19.6. The first-order valence-corrected chi connectivity index (χ1v) is 10.6. The van der Waals surface area contributed by atoms with Gasteiger partial charge in [0.2, 0.25) is 6.54 Å². The van der Waals surface area contributed by atoms with Crippen molar-refractivity contribution in [3.8, 4) is 0 Å². The zero-order valence-corrected chi connectivity index (χ0v) is 16.9. The van der Waals surface area contributed by atoms with Crippen molar-refractivity contribution in [2.24, 2.45) is 0 Å². The van der Waals surface area contributed by atoms with Gasteiger partial charge in [0.15, 0.2) is 6.20 Å². The molecule has 0 aliphatic heterocycles. The lowest BCUT2D eigenvalue weighted by Crippen LogP contribution is -2.48. The van der Waals surface area contributed by atoms with E-state index in [0.29, 0.717) is 23.2 Å². The summed E-state index contributed by atoms with van der Waals surface area (Å²) in [4.78, 5) is 25.3. The van der Waals surface area contributed by atoms with Gasteiger partial charge in [-0.15, -0.1) is 16.0 Å². The third kappa shape index (κ3) is 4.77. The van der Waals surface area contributed by atoms with Gasteiger partial charge in [-0.3, -0.25) is 4.79 Å². The van der Waals surface area contributed by atoms with Crippen LogP contribution in [-0.2, 0) is 16.1 Å². The molecule has 0 bridgehead atoms. The van der Waals surface area contributed by atoms with E-state index in [0.717, 1.165) is 24.8 Å². The van der Waals surface area contributed by atoms with E-state index in [-0.39, 0.29) is 18.4 Å². The van der Waals surface area contributed by atoms with Crippen molar-refractivity contribution < 1.29 is 19.0 Å². The molecule has 2 aromatic heterocycles. The number of amides is 1. The number of nitrogens with one attached hydrogen (secondary N) is 1. The molecule has 0 radical (unpaired) electrons. The Morgan fingerprint density at radius 1 is 1.33 bits per heavy atom. The SMILES string of the molecule is CCCOC(=O)c1scc(C)c1NC(=O)C[n+]1cccn1C1CCCCC1. The smallest absolute Gasteiger partial charge is 0.350 e. The van der Waals surface area contributed by atoms with Crippen molar-refractivity contribution in [2.75, 3.05) is 11.9 Å². The number of rotatable bonds is 7. The van der Waals surface area contributed by atoms with Crippen molar-refractivity contribution in [1.29, 1.82) is 0 Å². The fraction of sp³-hybridized carbons (Fsp3) is 0.550. The maximum absolute atomic E-state index is 12.7. The minimum absolute atomic E-state index is 0.137. The molecular weight excluding hydrogens is 362 g/mol. The van der Waals surface area contributed by atoms with E-state index in [1.165, 1.54) is 30.6 Å². The Morgan fingerprint density at radius 2 is 2.11 bits per heavy atom. The highest BCUT2D eigenvalue weighted by atomic mass is 32.1. The van der Waals surface area contributed by atoms with Crippen LogP contribution in [0.1, 0.15) is 66.7 Å². The molecular formula is C20H28N3O3S+. The maximum atomic E-state index is 12.7.